The monoisotopic (exact) mass is 629 g/mol. The smallest absolute Gasteiger partial charge is 0.336 e. The Kier molecular flexibility index (Phi) is 9.09. The van der Waals surface area contributed by atoms with Gasteiger partial charge < -0.3 is 24.0 Å². The van der Waals surface area contributed by atoms with E-state index in [0.717, 1.165) is 47.8 Å². The largest absolute Gasteiger partial charge is 0.463 e. The first-order valence-electron chi connectivity index (χ1n) is 15.2. The molecule has 0 N–H and O–H groups in total. The van der Waals surface area contributed by atoms with Crippen LogP contribution in [0.3, 0.4) is 0 Å². The number of amides is 2. The van der Waals surface area contributed by atoms with Crippen molar-refractivity contribution in [1.82, 2.24) is 14.7 Å². The van der Waals surface area contributed by atoms with E-state index in [-0.39, 0.29) is 38.2 Å². The van der Waals surface area contributed by atoms with Gasteiger partial charge in [0.25, 0.3) is 5.91 Å². The van der Waals surface area contributed by atoms with Gasteiger partial charge in [0.1, 0.15) is 0 Å². The van der Waals surface area contributed by atoms with Crippen molar-refractivity contribution in [2.75, 3.05) is 39.6 Å². The molecule has 3 aromatic carbocycles. The van der Waals surface area contributed by atoms with E-state index in [4.69, 9.17) is 25.8 Å². The van der Waals surface area contributed by atoms with Crippen LogP contribution in [0.15, 0.2) is 78.0 Å². The fourth-order valence-corrected chi connectivity index (χ4v) is 6.41. The number of halogens is 1. The summed E-state index contributed by atoms with van der Waals surface area (Å²) in [4.78, 5) is 45.7. The predicted molar refractivity (Wildman–Crippen MR) is 169 cm³/mol. The number of ether oxygens (including phenoxy) is 3. The number of hydrogen-bond acceptors (Lipinski definition) is 7. The predicted octanol–water partition coefficient (Wildman–Crippen LogP) is 5.38. The zero-order valence-corrected chi connectivity index (χ0v) is 26.2. The van der Waals surface area contributed by atoms with Crippen LogP contribution in [0.5, 0.6) is 11.5 Å². The Morgan fingerprint density at radius 3 is 2.38 bits per heavy atom. The third-order valence-electron chi connectivity index (χ3n) is 8.61. The maximum Gasteiger partial charge on any atom is 0.336 e. The Bertz CT molecular complexity index is 1630. The lowest BCUT2D eigenvalue weighted by atomic mass is 9.83. The highest BCUT2D eigenvalue weighted by Gasteiger charge is 2.37. The van der Waals surface area contributed by atoms with Crippen LogP contribution < -0.4 is 9.47 Å². The van der Waals surface area contributed by atoms with E-state index in [2.05, 4.69) is 11.0 Å². The second kappa shape index (κ2) is 13.3. The van der Waals surface area contributed by atoms with Crippen molar-refractivity contribution < 1.29 is 28.6 Å². The molecule has 0 bridgehead atoms. The molecule has 0 saturated carbocycles. The van der Waals surface area contributed by atoms with E-state index >= 15 is 0 Å². The van der Waals surface area contributed by atoms with Crippen LogP contribution in [0.25, 0.3) is 0 Å². The van der Waals surface area contributed by atoms with Gasteiger partial charge >= 0.3 is 5.97 Å². The van der Waals surface area contributed by atoms with Crippen molar-refractivity contribution in [2.24, 2.45) is 0 Å². The lowest BCUT2D eigenvalue weighted by molar-refractivity contribution is -0.140. The molecular weight excluding hydrogens is 594 g/mol. The van der Waals surface area contributed by atoms with Gasteiger partial charge in [-0.15, -0.1) is 0 Å². The zero-order valence-electron chi connectivity index (χ0n) is 25.5. The summed E-state index contributed by atoms with van der Waals surface area (Å²) in [5.41, 5.74) is 4.44. The van der Waals surface area contributed by atoms with Crippen molar-refractivity contribution in [2.45, 2.75) is 39.3 Å². The second-order valence-corrected chi connectivity index (χ2v) is 11.9. The molecule has 0 spiro atoms. The number of hydrogen-bond donors (Lipinski definition) is 0. The van der Waals surface area contributed by atoms with Gasteiger partial charge in [-0.05, 0) is 66.9 Å². The van der Waals surface area contributed by atoms with E-state index in [1.54, 1.807) is 30.9 Å². The summed E-state index contributed by atoms with van der Waals surface area (Å²) in [6.07, 6.45) is 0.128. The fraction of sp³-hybridized carbons (Fsp3) is 0.343. The average Bonchev–Trinajstić information content (AvgIpc) is 3.51. The quantitative estimate of drug-likeness (QED) is 0.309. The lowest BCUT2D eigenvalue weighted by Gasteiger charge is -2.35. The van der Waals surface area contributed by atoms with E-state index in [0.29, 0.717) is 34.9 Å². The Balaban J connectivity index is 1.10. The highest BCUT2D eigenvalue weighted by molar-refractivity contribution is 6.30. The summed E-state index contributed by atoms with van der Waals surface area (Å²) in [6.45, 7) is 7.94. The highest BCUT2D eigenvalue weighted by Crippen LogP contribution is 2.38. The zero-order chi connectivity index (χ0) is 31.5. The number of allylic oxidation sites excluding steroid dienone is 1. The SMILES string of the molecule is CCOC(=O)C1=C(C)N(Cc2ccc(C(=O)N3CCN(Cc4ccc5c(c4)OCO5)CC3)cc2)C(=O)CC1c1cccc(Cl)c1. The molecule has 3 aliphatic rings. The number of rotatable bonds is 8. The number of piperazine rings is 1. The van der Waals surface area contributed by atoms with Crippen LogP contribution >= 0.6 is 11.6 Å². The summed E-state index contributed by atoms with van der Waals surface area (Å²) in [7, 11) is 0. The molecular formula is C35H36ClN3O6. The number of fused-ring (bicyclic) bond motifs is 1. The second-order valence-electron chi connectivity index (χ2n) is 11.5. The highest BCUT2D eigenvalue weighted by atomic mass is 35.5. The Morgan fingerprint density at radius 2 is 1.64 bits per heavy atom. The number of esters is 1. The Hall–Kier alpha value is -4.34. The van der Waals surface area contributed by atoms with E-state index in [1.807, 2.05) is 53.4 Å². The molecule has 45 heavy (non-hydrogen) atoms. The number of carbonyl (C=O) groups excluding carboxylic acids is 3. The van der Waals surface area contributed by atoms with Crippen molar-refractivity contribution in [1.29, 1.82) is 0 Å². The summed E-state index contributed by atoms with van der Waals surface area (Å²) in [5, 5.41) is 0.543. The Labute approximate surface area is 267 Å². The molecule has 3 aliphatic heterocycles. The van der Waals surface area contributed by atoms with Gasteiger partial charge in [0, 0.05) is 61.3 Å². The molecule has 3 aromatic rings. The number of carbonyl (C=O) groups is 3. The first-order chi connectivity index (χ1) is 21.8. The minimum absolute atomic E-state index is 0.0108. The minimum atomic E-state index is -0.441. The van der Waals surface area contributed by atoms with Crippen molar-refractivity contribution >= 4 is 29.4 Å². The maximum atomic E-state index is 13.4. The summed E-state index contributed by atoms with van der Waals surface area (Å²) in [6, 6.07) is 20.6. The normalized spacial score (nSPS) is 18.4. The standard InChI is InChI=1S/C35H36ClN3O6/c1-3-43-35(42)33-23(2)39(32(40)19-29(33)27-5-4-6-28(36)18-27)21-24-7-10-26(11-8-24)34(41)38-15-13-37(14-16-38)20-25-9-12-30-31(17-25)45-22-44-30/h4-12,17-18,29H,3,13-16,19-22H2,1-2H3. The molecule has 0 aromatic heterocycles. The molecule has 234 valence electrons. The molecule has 3 heterocycles. The summed E-state index contributed by atoms with van der Waals surface area (Å²) in [5.74, 6) is 0.575. The molecule has 1 unspecified atom stereocenters. The molecule has 1 saturated heterocycles. The number of benzene rings is 3. The molecule has 0 aliphatic carbocycles. The van der Waals surface area contributed by atoms with Crippen LogP contribution in [0, 0.1) is 0 Å². The van der Waals surface area contributed by atoms with Crippen LogP contribution in [0.1, 0.15) is 53.2 Å². The van der Waals surface area contributed by atoms with Crippen LogP contribution in [-0.4, -0.2) is 72.1 Å². The van der Waals surface area contributed by atoms with Crippen LogP contribution in [0.2, 0.25) is 5.02 Å². The van der Waals surface area contributed by atoms with Gasteiger partial charge in [-0.2, -0.15) is 0 Å². The fourth-order valence-electron chi connectivity index (χ4n) is 6.21. The summed E-state index contributed by atoms with van der Waals surface area (Å²) < 4.78 is 16.3. The van der Waals surface area contributed by atoms with Gasteiger partial charge in [0.2, 0.25) is 12.7 Å². The first-order valence-corrected chi connectivity index (χ1v) is 15.6. The van der Waals surface area contributed by atoms with E-state index < -0.39 is 11.9 Å². The molecule has 10 heteroatoms. The topological polar surface area (TPSA) is 88.6 Å². The Morgan fingerprint density at radius 1 is 0.911 bits per heavy atom. The third kappa shape index (κ3) is 6.70. The molecule has 9 nitrogen and oxygen atoms in total. The third-order valence-corrected chi connectivity index (χ3v) is 8.85. The van der Waals surface area contributed by atoms with Crippen LogP contribution in [0.4, 0.5) is 0 Å². The molecule has 1 atom stereocenters. The molecule has 0 radical (unpaired) electrons. The summed E-state index contributed by atoms with van der Waals surface area (Å²) >= 11 is 6.23. The van der Waals surface area contributed by atoms with Crippen molar-refractivity contribution in [3.63, 3.8) is 0 Å². The molecule has 2 amide bonds. The van der Waals surface area contributed by atoms with E-state index in [9.17, 15) is 14.4 Å². The van der Waals surface area contributed by atoms with Gasteiger partial charge in [0.15, 0.2) is 11.5 Å². The van der Waals surface area contributed by atoms with Crippen LogP contribution in [-0.2, 0) is 27.4 Å². The minimum Gasteiger partial charge on any atom is -0.463 e. The van der Waals surface area contributed by atoms with Gasteiger partial charge in [-0.25, -0.2) is 4.79 Å². The lowest BCUT2D eigenvalue weighted by Crippen LogP contribution is -2.48. The molecule has 6 rings (SSSR count). The van der Waals surface area contributed by atoms with Gasteiger partial charge in [-0.1, -0.05) is 41.9 Å². The van der Waals surface area contributed by atoms with E-state index in [1.165, 1.54) is 0 Å². The van der Waals surface area contributed by atoms with Gasteiger partial charge in [0.05, 0.1) is 18.7 Å². The first kappa shape index (κ1) is 30.7. The maximum absolute atomic E-state index is 13.4. The number of nitrogens with zero attached hydrogens (tertiary/aromatic N) is 3. The molecule has 1 fully saturated rings. The van der Waals surface area contributed by atoms with Crippen molar-refractivity contribution in [3.8, 4) is 11.5 Å². The van der Waals surface area contributed by atoms with Gasteiger partial charge in [-0.3, -0.25) is 14.5 Å². The average molecular weight is 630 g/mol. The van der Waals surface area contributed by atoms with Crippen molar-refractivity contribution in [3.05, 3.63) is 105 Å².